The van der Waals surface area contributed by atoms with Gasteiger partial charge in [-0.05, 0) is 47.5 Å². The van der Waals surface area contributed by atoms with Gasteiger partial charge in [-0.2, -0.15) is 10.2 Å². The molecule has 0 aliphatic carbocycles. The van der Waals surface area contributed by atoms with Gasteiger partial charge in [0, 0.05) is 17.3 Å². The summed E-state index contributed by atoms with van der Waals surface area (Å²) >= 11 is 6.10. The highest BCUT2D eigenvalue weighted by Crippen LogP contribution is 2.25. The lowest BCUT2D eigenvalue weighted by molar-refractivity contribution is 0.175. The number of hydrogen-bond donors (Lipinski definition) is 2. The van der Waals surface area contributed by atoms with Gasteiger partial charge in [-0.15, -0.1) is 0 Å². The van der Waals surface area contributed by atoms with Crippen LogP contribution in [0, 0.1) is 11.3 Å². The molecule has 0 saturated heterocycles. The zero-order valence-electron chi connectivity index (χ0n) is 13.7. The summed E-state index contributed by atoms with van der Waals surface area (Å²) in [6, 6.07) is 11.2. The number of methoxy groups -OCH3 is 1. The number of fused-ring (bicyclic) bond motifs is 1. The second-order valence-corrected chi connectivity index (χ2v) is 5.86. The Morgan fingerprint density at radius 2 is 2.28 bits per heavy atom. The number of pyridine rings is 1. The number of rotatable bonds is 4. The maximum atomic E-state index is 9.01. The fourth-order valence-corrected chi connectivity index (χ4v) is 2.65. The lowest BCUT2D eigenvalue weighted by Gasteiger charge is -2.18. The number of anilines is 2. The van der Waals surface area contributed by atoms with Crippen molar-refractivity contribution in [3.63, 3.8) is 0 Å². The Labute approximate surface area is 151 Å². The van der Waals surface area contributed by atoms with Crippen LogP contribution in [0.2, 0.25) is 5.02 Å². The van der Waals surface area contributed by atoms with Gasteiger partial charge in [-0.25, -0.2) is 0 Å². The van der Waals surface area contributed by atoms with Crippen molar-refractivity contribution in [2.24, 2.45) is 0 Å². The van der Waals surface area contributed by atoms with Crippen molar-refractivity contribution in [2.45, 2.75) is 0 Å². The van der Waals surface area contributed by atoms with Crippen LogP contribution in [0.5, 0.6) is 5.88 Å². The lowest BCUT2D eigenvalue weighted by atomic mass is 10.1. The molecular weight excluding hydrogens is 340 g/mol. The molecule has 7 heteroatoms. The summed E-state index contributed by atoms with van der Waals surface area (Å²) in [7, 11) is 1.49. The first-order chi connectivity index (χ1) is 12.2. The summed E-state index contributed by atoms with van der Waals surface area (Å²) in [5, 5.41) is 16.1. The van der Waals surface area contributed by atoms with Crippen molar-refractivity contribution < 1.29 is 9.47 Å². The fraction of sp³-hybridized carbons (Fsp3) is 0.222. The van der Waals surface area contributed by atoms with Crippen LogP contribution in [-0.2, 0) is 4.74 Å². The molecule has 6 nitrogen and oxygen atoms in total. The largest absolute Gasteiger partial charge is 0.480 e. The van der Waals surface area contributed by atoms with E-state index in [9.17, 15) is 0 Å². The maximum absolute atomic E-state index is 9.01. The quantitative estimate of drug-likeness (QED) is 0.872. The van der Waals surface area contributed by atoms with Crippen LogP contribution < -0.4 is 15.4 Å². The average Bonchev–Trinajstić information content (AvgIpc) is 2.61. The third kappa shape index (κ3) is 4.21. The molecule has 0 spiro atoms. The van der Waals surface area contributed by atoms with E-state index in [0.717, 1.165) is 16.8 Å². The summed E-state index contributed by atoms with van der Waals surface area (Å²) in [6.45, 7) is 1.46. The molecule has 25 heavy (non-hydrogen) atoms. The van der Waals surface area contributed by atoms with Crippen molar-refractivity contribution in [1.29, 1.82) is 5.26 Å². The standard InChI is InChI=1S/C18H17ClN4O2/c1-24-18-13(8-20)2-5-17(23-18)21-9-12-6-14-7-15(19)3-4-16(14)22-11-25-10-12/h2-7,22H,9-11H2,1H3,(H,21,23)/b12-6-. The van der Waals surface area contributed by atoms with Crippen LogP contribution in [0.4, 0.5) is 11.5 Å². The van der Waals surface area contributed by atoms with E-state index in [1.54, 1.807) is 12.1 Å². The summed E-state index contributed by atoms with van der Waals surface area (Å²) in [4.78, 5) is 4.29. The molecular formula is C18H17ClN4O2. The van der Waals surface area contributed by atoms with Crippen molar-refractivity contribution in [2.75, 3.05) is 37.6 Å². The predicted molar refractivity (Wildman–Crippen MR) is 97.9 cm³/mol. The van der Waals surface area contributed by atoms with Gasteiger partial charge >= 0.3 is 0 Å². The summed E-state index contributed by atoms with van der Waals surface area (Å²) in [6.07, 6.45) is 2.04. The van der Waals surface area contributed by atoms with Gasteiger partial charge in [0.25, 0.3) is 0 Å². The normalized spacial score (nSPS) is 15.5. The van der Waals surface area contributed by atoms with Crippen LogP contribution in [0.25, 0.3) is 6.08 Å². The number of ether oxygens (including phenoxy) is 2. The van der Waals surface area contributed by atoms with Crippen molar-refractivity contribution in [1.82, 2.24) is 4.98 Å². The molecule has 0 saturated carbocycles. The highest BCUT2D eigenvalue weighted by molar-refractivity contribution is 6.30. The Hall–Kier alpha value is -2.75. The summed E-state index contributed by atoms with van der Waals surface area (Å²) in [5.41, 5.74) is 3.43. The van der Waals surface area contributed by atoms with Crippen LogP contribution >= 0.6 is 11.6 Å². The van der Waals surface area contributed by atoms with Crippen LogP contribution in [0.15, 0.2) is 35.9 Å². The second-order valence-electron chi connectivity index (χ2n) is 5.42. The molecule has 0 fully saturated rings. The Morgan fingerprint density at radius 1 is 1.40 bits per heavy atom. The van der Waals surface area contributed by atoms with E-state index in [-0.39, 0.29) is 0 Å². The van der Waals surface area contributed by atoms with Gasteiger partial charge in [0.15, 0.2) is 0 Å². The number of nitrogens with zero attached hydrogens (tertiary/aromatic N) is 2. The highest BCUT2D eigenvalue weighted by Gasteiger charge is 2.09. The predicted octanol–water partition coefficient (Wildman–Crippen LogP) is 3.51. The second kappa shape index (κ2) is 7.88. The molecule has 1 aromatic heterocycles. The minimum absolute atomic E-state index is 0.303. The SMILES string of the molecule is COc1nc(NC/C2=C/c3cc(Cl)ccc3NCOC2)ccc1C#N. The van der Waals surface area contributed by atoms with Crippen molar-refractivity contribution >= 4 is 29.2 Å². The minimum Gasteiger partial charge on any atom is -0.480 e. The molecule has 0 bridgehead atoms. The summed E-state index contributed by atoms with van der Waals surface area (Å²) in [5.74, 6) is 0.931. The van der Waals surface area contributed by atoms with E-state index in [1.807, 2.05) is 30.3 Å². The third-order valence-corrected chi connectivity index (χ3v) is 3.93. The molecule has 0 radical (unpaired) electrons. The number of nitrogens with one attached hydrogen (secondary N) is 2. The molecule has 3 rings (SSSR count). The number of nitriles is 1. The Kier molecular flexibility index (Phi) is 5.39. The molecule has 0 amide bonds. The number of benzene rings is 1. The molecule has 0 atom stereocenters. The zero-order valence-corrected chi connectivity index (χ0v) is 14.4. The smallest absolute Gasteiger partial charge is 0.233 e. The molecule has 2 aromatic rings. The lowest BCUT2D eigenvalue weighted by Crippen LogP contribution is -2.16. The molecule has 2 N–H and O–H groups in total. The first-order valence-corrected chi connectivity index (χ1v) is 8.07. The highest BCUT2D eigenvalue weighted by atomic mass is 35.5. The van der Waals surface area contributed by atoms with Gasteiger partial charge in [0.2, 0.25) is 5.88 Å². The van der Waals surface area contributed by atoms with E-state index in [1.165, 1.54) is 7.11 Å². The van der Waals surface area contributed by atoms with E-state index in [0.29, 0.717) is 42.2 Å². The minimum atomic E-state index is 0.303. The van der Waals surface area contributed by atoms with Crippen molar-refractivity contribution in [3.8, 4) is 11.9 Å². The van der Waals surface area contributed by atoms with E-state index < -0.39 is 0 Å². The Balaban J connectivity index is 1.78. The Bertz CT molecular complexity index is 845. The third-order valence-electron chi connectivity index (χ3n) is 3.70. The fourth-order valence-electron chi connectivity index (χ4n) is 2.47. The first-order valence-electron chi connectivity index (χ1n) is 7.69. The Morgan fingerprint density at radius 3 is 3.08 bits per heavy atom. The molecule has 1 aliphatic heterocycles. The zero-order chi connectivity index (χ0) is 17.6. The average molecular weight is 357 g/mol. The molecule has 1 aromatic carbocycles. The van der Waals surface area contributed by atoms with E-state index in [2.05, 4.69) is 15.6 Å². The van der Waals surface area contributed by atoms with E-state index in [4.69, 9.17) is 26.3 Å². The van der Waals surface area contributed by atoms with E-state index >= 15 is 0 Å². The van der Waals surface area contributed by atoms with Gasteiger partial charge in [-0.1, -0.05) is 11.6 Å². The number of aromatic nitrogens is 1. The van der Waals surface area contributed by atoms with Gasteiger partial charge < -0.3 is 20.1 Å². The molecule has 0 unspecified atom stereocenters. The summed E-state index contributed by atoms with van der Waals surface area (Å²) < 4.78 is 10.7. The van der Waals surface area contributed by atoms with Gasteiger partial charge in [-0.3, -0.25) is 0 Å². The number of halogens is 1. The first kappa shape index (κ1) is 17.1. The monoisotopic (exact) mass is 356 g/mol. The molecule has 128 valence electrons. The van der Waals surface area contributed by atoms with Crippen LogP contribution in [0.1, 0.15) is 11.1 Å². The van der Waals surface area contributed by atoms with Crippen LogP contribution in [0.3, 0.4) is 0 Å². The topological polar surface area (TPSA) is 79.2 Å². The van der Waals surface area contributed by atoms with Gasteiger partial charge in [0.1, 0.15) is 24.2 Å². The molecule has 2 heterocycles. The van der Waals surface area contributed by atoms with Crippen LogP contribution in [-0.4, -0.2) is 32.0 Å². The number of hydrogen-bond acceptors (Lipinski definition) is 6. The van der Waals surface area contributed by atoms with Gasteiger partial charge in [0.05, 0.1) is 13.7 Å². The van der Waals surface area contributed by atoms with Crippen molar-refractivity contribution in [3.05, 3.63) is 52.1 Å². The maximum Gasteiger partial charge on any atom is 0.233 e. The molecule has 1 aliphatic rings.